The van der Waals surface area contributed by atoms with Gasteiger partial charge in [-0.25, -0.2) is 0 Å². The summed E-state index contributed by atoms with van der Waals surface area (Å²) in [5.74, 6) is -0.249. The average Bonchev–Trinajstić information content (AvgIpc) is 2.91. The first-order valence-electron chi connectivity index (χ1n) is 10.1. The number of rotatable bonds is 15. The second-order valence-corrected chi connectivity index (χ2v) is 6.95. The Kier molecular flexibility index (Phi) is 12.0. The molecule has 1 aliphatic heterocycles. The number of hydrogen-bond acceptors (Lipinski definition) is 4. The van der Waals surface area contributed by atoms with Gasteiger partial charge in [0.2, 0.25) is 11.8 Å². The Morgan fingerprint density at radius 2 is 1.40 bits per heavy atom. The molecule has 1 aliphatic rings. The summed E-state index contributed by atoms with van der Waals surface area (Å²) in [6.45, 7) is 3.25. The number of esters is 1. The fraction of sp³-hybridized carbons (Fsp3) is 0.850. The third-order valence-corrected chi connectivity index (χ3v) is 4.68. The van der Waals surface area contributed by atoms with Gasteiger partial charge in [-0.2, -0.15) is 0 Å². The lowest BCUT2D eigenvalue weighted by molar-refractivity contribution is -0.144. The molecule has 0 N–H and O–H groups in total. The first-order chi connectivity index (χ1) is 12.1. The number of unbranched alkanes of at least 4 members (excludes halogenated alkanes) is 9. The fourth-order valence-corrected chi connectivity index (χ4v) is 3.08. The molecule has 0 unspecified atom stereocenters. The summed E-state index contributed by atoms with van der Waals surface area (Å²) in [4.78, 5) is 35.9. The van der Waals surface area contributed by atoms with E-state index in [9.17, 15) is 14.4 Å². The van der Waals surface area contributed by atoms with Gasteiger partial charge in [-0.05, 0) is 19.3 Å². The first kappa shape index (κ1) is 21.7. The number of carbonyl (C=O) groups is 3. The number of ether oxygens (including phenoxy) is 1. The van der Waals surface area contributed by atoms with Crippen LogP contribution in [0.25, 0.3) is 0 Å². The molecule has 1 fully saturated rings. The maximum absolute atomic E-state index is 11.6. The summed E-state index contributed by atoms with van der Waals surface area (Å²) in [5.41, 5.74) is 0. The number of amides is 2. The molecule has 25 heavy (non-hydrogen) atoms. The Labute approximate surface area is 152 Å². The lowest BCUT2D eigenvalue weighted by atomic mass is 10.1. The molecule has 0 saturated carbocycles. The minimum atomic E-state index is -0.128. The quantitative estimate of drug-likeness (QED) is 0.249. The molecule has 0 aromatic carbocycles. The molecule has 1 heterocycles. The Hall–Kier alpha value is -1.39. The monoisotopic (exact) mass is 353 g/mol. The zero-order valence-electron chi connectivity index (χ0n) is 15.9. The molecule has 5 nitrogen and oxygen atoms in total. The summed E-state index contributed by atoms with van der Waals surface area (Å²) in [7, 11) is 0. The molecule has 0 aromatic rings. The summed E-state index contributed by atoms with van der Waals surface area (Å²) >= 11 is 0. The van der Waals surface area contributed by atoms with Gasteiger partial charge in [-0.3, -0.25) is 19.3 Å². The first-order valence-corrected chi connectivity index (χ1v) is 10.1. The van der Waals surface area contributed by atoms with E-state index in [4.69, 9.17) is 4.74 Å². The maximum Gasteiger partial charge on any atom is 0.305 e. The van der Waals surface area contributed by atoms with E-state index in [-0.39, 0.29) is 17.8 Å². The molecule has 0 aromatic heterocycles. The third-order valence-electron chi connectivity index (χ3n) is 4.68. The van der Waals surface area contributed by atoms with Crippen molar-refractivity contribution in [3.63, 3.8) is 0 Å². The maximum atomic E-state index is 11.6. The van der Waals surface area contributed by atoms with Crippen molar-refractivity contribution < 1.29 is 19.1 Å². The van der Waals surface area contributed by atoms with Crippen molar-refractivity contribution in [1.29, 1.82) is 0 Å². The van der Waals surface area contributed by atoms with E-state index in [0.717, 1.165) is 32.1 Å². The van der Waals surface area contributed by atoms with E-state index in [1.807, 2.05) is 0 Å². The summed E-state index contributed by atoms with van der Waals surface area (Å²) in [6, 6.07) is 0. The van der Waals surface area contributed by atoms with Crippen molar-refractivity contribution in [3.8, 4) is 0 Å². The molecule has 0 aliphatic carbocycles. The van der Waals surface area contributed by atoms with E-state index in [0.29, 0.717) is 32.4 Å². The molecule has 0 radical (unpaired) electrons. The summed E-state index contributed by atoms with van der Waals surface area (Å²) in [6.07, 6.45) is 13.4. The van der Waals surface area contributed by atoms with Crippen LogP contribution in [-0.4, -0.2) is 35.8 Å². The lowest BCUT2D eigenvalue weighted by Crippen LogP contribution is -2.29. The van der Waals surface area contributed by atoms with Crippen LogP contribution in [0, 0.1) is 0 Å². The summed E-state index contributed by atoms with van der Waals surface area (Å²) < 4.78 is 5.24. The van der Waals surface area contributed by atoms with Gasteiger partial charge in [-0.15, -0.1) is 0 Å². The largest absolute Gasteiger partial charge is 0.466 e. The number of imide groups is 1. The fourth-order valence-electron chi connectivity index (χ4n) is 3.08. The highest BCUT2D eigenvalue weighted by atomic mass is 16.5. The number of nitrogens with zero attached hydrogens (tertiary/aromatic N) is 1. The van der Waals surface area contributed by atoms with E-state index in [2.05, 4.69) is 6.92 Å². The summed E-state index contributed by atoms with van der Waals surface area (Å²) in [5, 5.41) is 0. The topological polar surface area (TPSA) is 63.7 Å². The van der Waals surface area contributed by atoms with Gasteiger partial charge >= 0.3 is 5.97 Å². The van der Waals surface area contributed by atoms with Gasteiger partial charge in [0.1, 0.15) is 0 Å². The van der Waals surface area contributed by atoms with Crippen molar-refractivity contribution >= 4 is 17.8 Å². The highest BCUT2D eigenvalue weighted by molar-refractivity contribution is 6.01. The highest BCUT2D eigenvalue weighted by Gasteiger charge is 2.27. The van der Waals surface area contributed by atoms with Crippen LogP contribution in [-0.2, 0) is 19.1 Å². The predicted molar refractivity (Wildman–Crippen MR) is 98.0 cm³/mol. The highest BCUT2D eigenvalue weighted by Crippen LogP contribution is 2.13. The second kappa shape index (κ2) is 13.9. The standard InChI is InChI=1S/C20H35NO4/c1-2-3-4-5-6-7-8-12-17-25-20(24)13-10-9-11-16-21-18(22)14-15-19(21)23/h2-17H2,1H3. The van der Waals surface area contributed by atoms with Crippen LogP contribution in [0.15, 0.2) is 0 Å². The molecule has 1 saturated heterocycles. The van der Waals surface area contributed by atoms with Gasteiger partial charge in [-0.1, -0.05) is 58.3 Å². The Morgan fingerprint density at radius 3 is 2.04 bits per heavy atom. The van der Waals surface area contributed by atoms with Crippen molar-refractivity contribution in [2.24, 2.45) is 0 Å². The smallest absolute Gasteiger partial charge is 0.305 e. The van der Waals surface area contributed by atoms with Crippen molar-refractivity contribution in [2.75, 3.05) is 13.2 Å². The number of carbonyl (C=O) groups excluding carboxylic acids is 3. The van der Waals surface area contributed by atoms with E-state index in [1.54, 1.807) is 0 Å². The Balaban J connectivity index is 1.86. The molecule has 0 spiro atoms. The van der Waals surface area contributed by atoms with Crippen molar-refractivity contribution in [1.82, 2.24) is 4.90 Å². The zero-order valence-corrected chi connectivity index (χ0v) is 15.9. The lowest BCUT2D eigenvalue weighted by Gasteiger charge is -2.12. The molecular formula is C20H35NO4. The van der Waals surface area contributed by atoms with Crippen LogP contribution in [0.3, 0.4) is 0 Å². The van der Waals surface area contributed by atoms with Crippen LogP contribution >= 0.6 is 0 Å². The average molecular weight is 354 g/mol. The van der Waals surface area contributed by atoms with E-state index >= 15 is 0 Å². The molecule has 144 valence electrons. The molecule has 0 bridgehead atoms. The van der Waals surface area contributed by atoms with E-state index < -0.39 is 0 Å². The molecule has 5 heteroatoms. The molecule has 2 amide bonds. The third kappa shape index (κ3) is 10.3. The number of likely N-dealkylation sites (tertiary alicyclic amines) is 1. The van der Waals surface area contributed by atoms with Crippen LogP contribution in [0.2, 0.25) is 0 Å². The van der Waals surface area contributed by atoms with Crippen LogP contribution < -0.4 is 0 Å². The Bertz CT molecular complexity index is 393. The van der Waals surface area contributed by atoms with Crippen LogP contribution in [0.5, 0.6) is 0 Å². The SMILES string of the molecule is CCCCCCCCCCOC(=O)CCCCCN1C(=O)CCC1=O. The number of hydrogen-bond donors (Lipinski definition) is 0. The van der Waals surface area contributed by atoms with Gasteiger partial charge in [0.25, 0.3) is 0 Å². The predicted octanol–water partition coefficient (Wildman–Crippen LogP) is 4.38. The van der Waals surface area contributed by atoms with Gasteiger partial charge < -0.3 is 4.74 Å². The normalized spacial score (nSPS) is 14.4. The van der Waals surface area contributed by atoms with E-state index in [1.165, 1.54) is 43.4 Å². The molecule has 1 rings (SSSR count). The van der Waals surface area contributed by atoms with Crippen molar-refractivity contribution in [3.05, 3.63) is 0 Å². The van der Waals surface area contributed by atoms with Crippen LogP contribution in [0.4, 0.5) is 0 Å². The Morgan fingerprint density at radius 1 is 0.840 bits per heavy atom. The zero-order chi connectivity index (χ0) is 18.3. The minimum absolute atomic E-state index is 0.0604. The second-order valence-electron chi connectivity index (χ2n) is 6.95. The van der Waals surface area contributed by atoms with Gasteiger partial charge in [0.05, 0.1) is 6.61 Å². The van der Waals surface area contributed by atoms with Gasteiger partial charge in [0, 0.05) is 25.8 Å². The molecule has 0 atom stereocenters. The van der Waals surface area contributed by atoms with Crippen LogP contribution in [0.1, 0.15) is 96.8 Å². The van der Waals surface area contributed by atoms with Gasteiger partial charge in [0.15, 0.2) is 0 Å². The van der Waals surface area contributed by atoms with Crippen molar-refractivity contribution in [2.45, 2.75) is 96.8 Å². The molecular weight excluding hydrogens is 318 g/mol. The minimum Gasteiger partial charge on any atom is -0.466 e.